The number of hydrogen-bond donors (Lipinski definition) is 1. The molecular formula is C19H20F3NO. The van der Waals surface area contributed by atoms with Crippen molar-refractivity contribution < 1.29 is 18.0 Å². The van der Waals surface area contributed by atoms with Gasteiger partial charge in [-0.1, -0.05) is 50.2 Å². The van der Waals surface area contributed by atoms with Gasteiger partial charge in [0.15, 0.2) is 0 Å². The summed E-state index contributed by atoms with van der Waals surface area (Å²) >= 11 is 0. The first-order chi connectivity index (χ1) is 11.3. The van der Waals surface area contributed by atoms with Crippen molar-refractivity contribution in [2.45, 2.75) is 38.8 Å². The van der Waals surface area contributed by atoms with Gasteiger partial charge in [0, 0.05) is 6.42 Å². The molecule has 2 aromatic rings. The maximum Gasteiger partial charge on any atom is 0.418 e. The first kappa shape index (κ1) is 18.0. The van der Waals surface area contributed by atoms with Gasteiger partial charge in [-0.2, -0.15) is 13.2 Å². The standard InChI is InChI=1S/C19H20F3NO/c1-13(2)15-10-7-14(8-11-15)9-12-18(24)23-17-6-4-3-5-16(17)19(20,21)22/h3-8,10-11,13H,9,12H2,1-2H3,(H,23,24). The van der Waals surface area contributed by atoms with E-state index in [0.29, 0.717) is 12.3 Å². The van der Waals surface area contributed by atoms with Crippen LogP contribution in [-0.4, -0.2) is 5.91 Å². The number of nitrogens with one attached hydrogen (secondary N) is 1. The largest absolute Gasteiger partial charge is 0.418 e. The van der Waals surface area contributed by atoms with E-state index < -0.39 is 17.6 Å². The summed E-state index contributed by atoms with van der Waals surface area (Å²) in [4.78, 5) is 12.0. The molecule has 0 atom stereocenters. The number of benzene rings is 2. The number of amides is 1. The van der Waals surface area contributed by atoms with E-state index in [2.05, 4.69) is 19.2 Å². The fraction of sp³-hybridized carbons (Fsp3) is 0.316. The minimum atomic E-state index is -4.49. The third-order valence-corrected chi connectivity index (χ3v) is 3.79. The molecule has 24 heavy (non-hydrogen) atoms. The number of para-hydroxylation sites is 1. The number of anilines is 1. The van der Waals surface area contributed by atoms with Crippen molar-refractivity contribution in [3.05, 3.63) is 65.2 Å². The molecule has 1 N–H and O–H groups in total. The van der Waals surface area contributed by atoms with Crippen molar-refractivity contribution in [1.29, 1.82) is 0 Å². The molecule has 128 valence electrons. The molecule has 0 radical (unpaired) electrons. The molecule has 0 aliphatic carbocycles. The fourth-order valence-electron chi connectivity index (χ4n) is 2.38. The molecule has 0 aliphatic rings. The summed E-state index contributed by atoms with van der Waals surface area (Å²) in [6.07, 6.45) is -3.87. The molecule has 0 saturated heterocycles. The topological polar surface area (TPSA) is 29.1 Å². The van der Waals surface area contributed by atoms with Crippen molar-refractivity contribution in [3.63, 3.8) is 0 Å². The van der Waals surface area contributed by atoms with E-state index in [9.17, 15) is 18.0 Å². The summed E-state index contributed by atoms with van der Waals surface area (Å²) in [5.41, 5.74) is 1.16. The van der Waals surface area contributed by atoms with Crippen molar-refractivity contribution >= 4 is 11.6 Å². The van der Waals surface area contributed by atoms with Crippen LogP contribution in [0.1, 0.15) is 42.9 Å². The average Bonchev–Trinajstić information content (AvgIpc) is 2.53. The van der Waals surface area contributed by atoms with Crippen LogP contribution in [-0.2, 0) is 17.4 Å². The first-order valence-electron chi connectivity index (χ1n) is 7.82. The Labute approximate surface area is 139 Å². The van der Waals surface area contributed by atoms with Gasteiger partial charge in [0.25, 0.3) is 0 Å². The molecule has 2 aromatic carbocycles. The molecule has 0 unspecified atom stereocenters. The normalized spacial score (nSPS) is 11.6. The Hall–Kier alpha value is -2.30. The quantitative estimate of drug-likeness (QED) is 0.779. The number of carbonyl (C=O) groups excluding carboxylic acids is 1. The van der Waals surface area contributed by atoms with E-state index in [1.54, 1.807) is 0 Å². The van der Waals surface area contributed by atoms with Gasteiger partial charge in [-0.25, -0.2) is 0 Å². The first-order valence-corrected chi connectivity index (χ1v) is 7.82. The van der Waals surface area contributed by atoms with E-state index in [-0.39, 0.29) is 12.1 Å². The molecule has 0 spiro atoms. The van der Waals surface area contributed by atoms with Crippen molar-refractivity contribution in [3.8, 4) is 0 Å². The lowest BCUT2D eigenvalue weighted by Crippen LogP contribution is -2.16. The number of halogens is 3. The van der Waals surface area contributed by atoms with Crippen LogP contribution in [0.15, 0.2) is 48.5 Å². The zero-order valence-corrected chi connectivity index (χ0v) is 13.7. The van der Waals surface area contributed by atoms with Crippen LogP contribution in [0, 0.1) is 0 Å². The van der Waals surface area contributed by atoms with Gasteiger partial charge < -0.3 is 5.32 Å². The summed E-state index contributed by atoms with van der Waals surface area (Å²) in [6, 6.07) is 12.9. The predicted octanol–water partition coefficient (Wildman–Crippen LogP) is 5.40. The molecule has 2 nitrogen and oxygen atoms in total. The predicted molar refractivity (Wildman–Crippen MR) is 88.9 cm³/mol. The molecule has 5 heteroatoms. The minimum Gasteiger partial charge on any atom is -0.325 e. The third-order valence-electron chi connectivity index (χ3n) is 3.79. The minimum absolute atomic E-state index is 0.132. The van der Waals surface area contributed by atoms with Gasteiger partial charge in [-0.15, -0.1) is 0 Å². The van der Waals surface area contributed by atoms with Gasteiger partial charge in [-0.05, 0) is 35.6 Å². The monoisotopic (exact) mass is 335 g/mol. The van der Waals surface area contributed by atoms with E-state index in [1.165, 1.54) is 23.8 Å². The van der Waals surface area contributed by atoms with E-state index in [4.69, 9.17) is 0 Å². The molecule has 0 saturated carbocycles. The Morgan fingerprint density at radius 3 is 2.25 bits per heavy atom. The van der Waals surface area contributed by atoms with Crippen LogP contribution >= 0.6 is 0 Å². The molecule has 2 rings (SSSR count). The third kappa shape index (κ3) is 4.85. The molecule has 0 bridgehead atoms. The van der Waals surface area contributed by atoms with Crippen molar-refractivity contribution in [1.82, 2.24) is 0 Å². The highest BCUT2D eigenvalue weighted by molar-refractivity contribution is 5.91. The summed E-state index contributed by atoms with van der Waals surface area (Å²) < 4.78 is 38.7. The number of rotatable bonds is 5. The van der Waals surface area contributed by atoms with Crippen LogP contribution in [0.5, 0.6) is 0 Å². The Morgan fingerprint density at radius 2 is 1.67 bits per heavy atom. The van der Waals surface area contributed by atoms with Crippen LogP contribution in [0.2, 0.25) is 0 Å². The number of hydrogen-bond acceptors (Lipinski definition) is 1. The Morgan fingerprint density at radius 1 is 1.04 bits per heavy atom. The second-order valence-corrected chi connectivity index (χ2v) is 5.99. The maximum absolute atomic E-state index is 12.9. The lowest BCUT2D eigenvalue weighted by Gasteiger charge is -2.13. The Bertz CT molecular complexity index is 691. The van der Waals surface area contributed by atoms with Gasteiger partial charge in [0.2, 0.25) is 5.91 Å². The summed E-state index contributed by atoms with van der Waals surface area (Å²) in [6.45, 7) is 4.20. The molecule has 1 amide bonds. The Kier molecular flexibility index (Phi) is 5.65. The Balaban J connectivity index is 1.97. The van der Waals surface area contributed by atoms with E-state index in [0.717, 1.165) is 11.6 Å². The van der Waals surface area contributed by atoms with Crippen molar-refractivity contribution in [2.75, 3.05) is 5.32 Å². The zero-order valence-electron chi connectivity index (χ0n) is 13.7. The van der Waals surface area contributed by atoms with Gasteiger partial charge in [0.05, 0.1) is 11.3 Å². The number of carbonyl (C=O) groups is 1. The molecule has 0 heterocycles. The van der Waals surface area contributed by atoms with Crippen LogP contribution in [0.4, 0.5) is 18.9 Å². The average molecular weight is 335 g/mol. The van der Waals surface area contributed by atoms with Gasteiger partial charge >= 0.3 is 6.18 Å². The summed E-state index contributed by atoms with van der Waals surface area (Å²) in [7, 11) is 0. The number of aryl methyl sites for hydroxylation is 1. The molecular weight excluding hydrogens is 315 g/mol. The lowest BCUT2D eigenvalue weighted by atomic mass is 10.0. The van der Waals surface area contributed by atoms with Crippen LogP contribution in [0.3, 0.4) is 0 Å². The second kappa shape index (κ2) is 7.51. The molecule has 0 fully saturated rings. The highest BCUT2D eigenvalue weighted by Crippen LogP contribution is 2.34. The van der Waals surface area contributed by atoms with Gasteiger partial charge in [-0.3, -0.25) is 4.79 Å². The maximum atomic E-state index is 12.9. The van der Waals surface area contributed by atoms with Crippen molar-refractivity contribution in [2.24, 2.45) is 0 Å². The zero-order chi connectivity index (χ0) is 17.7. The van der Waals surface area contributed by atoms with Crippen LogP contribution < -0.4 is 5.32 Å². The van der Waals surface area contributed by atoms with E-state index >= 15 is 0 Å². The molecule has 0 aromatic heterocycles. The van der Waals surface area contributed by atoms with Crippen LogP contribution in [0.25, 0.3) is 0 Å². The smallest absolute Gasteiger partial charge is 0.325 e. The molecule has 0 aliphatic heterocycles. The lowest BCUT2D eigenvalue weighted by molar-refractivity contribution is -0.137. The summed E-state index contributed by atoms with van der Waals surface area (Å²) in [5, 5.41) is 2.36. The fourth-order valence-corrected chi connectivity index (χ4v) is 2.38. The SMILES string of the molecule is CC(C)c1ccc(CCC(=O)Nc2ccccc2C(F)(F)F)cc1. The van der Waals surface area contributed by atoms with E-state index in [1.807, 2.05) is 24.3 Å². The second-order valence-electron chi connectivity index (χ2n) is 5.99. The number of alkyl halides is 3. The summed E-state index contributed by atoms with van der Waals surface area (Å²) in [5.74, 6) is 0.000792. The highest BCUT2D eigenvalue weighted by Gasteiger charge is 2.33. The highest BCUT2D eigenvalue weighted by atomic mass is 19.4. The van der Waals surface area contributed by atoms with Gasteiger partial charge in [0.1, 0.15) is 0 Å².